The molecule has 1 heterocycles. The van der Waals surface area contributed by atoms with Crippen LogP contribution in [0.15, 0.2) is 17.8 Å². The van der Waals surface area contributed by atoms with E-state index in [-0.39, 0.29) is 6.04 Å². The van der Waals surface area contributed by atoms with Crippen LogP contribution in [-0.4, -0.2) is 35.7 Å². The first-order valence-corrected chi connectivity index (χ1v) is 5.25. The van der Waals surface area contributed by atoms with Crippen molar-refractivity contribution in [2.75, 3.05) is 13.1 Å². The number of carbonyl (C=O) groups is 1. The number of rotatable bonds is 3. The summed E-state index contributed by atoms with van der Waals surface area (Å²) in [7, 11) is 0. The van der Waals surface area contributed by atoms with Crippen molar-refractivity contribution >= 4 is 11.6 Å². The van der Waals surface area contributed by atoms with Gasteiger partial charge in [0, 0.05) is 13.1 Å². The maximum Gasteiger partial charge on any atom is 0.262 e. The molecule has 15 heavy (non-hydrogen) atoms. The third kappa shape index (κ3) is 3.08. The van der Waals surface area contributed by atoms with Crippen LogP contribution >= 0.6 is 0 Å². The molecule has 1 aliphatic rings. The van der Waals surface area contributed by atoms with Crippen LogP contribution in [0, 0.1) is 5.92 Å². The predicted molar refractivity (Wildman–Crippen MR) is 61.6 cm³/mol. The van der Waals surface area contributed by atoms with Gasteiger partial charge >= 0.3 is 0 Å². The van der Waals surface area contributed by atoms with Gasteiger partial charge < -0.3 is 10.6 Å². The molecule has 0 aliphatic carbocycles. The van der Waals surface area contributed by atoms with Gasteiger partial charge in [-0.05, 0) is 25.5 Å². The molecule has 4 nitrogen and oxygen atoms in total. The molecule has 2 N–H and O–H groups in total. The van der Waals surface area contributed by atoms with Gasteiger partial charge in [-0.25, -0.2) is 0 Å². The molecule has 0 saturated carbocycles. The molecule has 0 spiro atoms. The van der Waals surface area contributed by atoms with Crippen molar-refractivity contribution in [2.45, 2.75) is 26.3 Å². The quantitative estimate of drug-likeness (QED) is 0.698. The Morgan fingerprint density at radius 1 is 1.67 bits per heavy atom. The van der Waals surface area contributed by atoms with E-state index in [4.69, 9.17) is 5.73 Å². The zero-order valence-corrected chi connectivity index (χ0v) is 9.44. The fourth-order valence-corrected chi connectivity index (χ4v) is 1.72. The highest BCUT2D eigenvalue weighted by Gasteiger charge is 2.24. The molecule has 0 aromatic heterocycles. The van der Waals surface area contributed by atoms with Crippen LogP contribution in [0.1, 0.15) is 20.3 Å². The topological polar surface area (TPSA) is 58.7 Å². The number of piperidine rings is 1. The molecule has 1 rings (SSSR count). The maximum absolute atomic E-state index is 10.9. The molecule has 0 aromatic carbocycles. The summed E-state index contributed by atoms with van der Waals surface area (Å²) in [5, 5.41) is 0. The second kappa shape index (κ2) is 4.96. The predicted octanol–water partition coefficient (Wildman–Crippen LogP) is 0.787. The van der Waals surface area contributed by atoms with Gasteiger partial charge in [-0.1, -0.05) is 13.5 Å². The molecule has 0 bridgehead atoms. The van der Waals surface area contributed by atoms with Crippen molar-refractivity contribution < 1.29 is 4.79 Å². The summed E-state index contributed by atoms with van der Waals surface area (Å²) in [5.74, 6) is 0.0634. The number of likely N-dealkylation sites (tertiary alicyclic amines) is 1. The van der Waals surface area contributed by atoms with Crippen molar-refractivity contribution in [1.82, 2.24) is 4.90 Å². The molecule has 1 amide bonds. The molecule has 1 unspecified atom stereocenters. The number of carbonyl (C=O) groups excluding carboxylic acids is 1. The largest absolute Gasteiger partial charge is 0.376 e. The van der Waals surface area contributed by atoms with Crippen LogP contribution in [-0.2, 0) is 4.79 Å². The third-order valence-electron chi connectivity index (χ3n) is 2.92. The Morgan fingerprint density at radius 2 is 2.33 bits per heavy atom. The second-order valence-electron chi connectivity index (χ2n) is 4.09. The van der Waals surface area contributed by atoms with E-state index in [1.165, 1.54) is 0 Å². The Hall–Kier alpha value is -1.32. The van der Waals surface area contributed by atoms with E-state index >= 15 is 0 Å². The summed E-state index contributed by atoms with van der Waals surface area (Å²) >= 11 is 0. The molecule has 1 aliphatic heterocycles. The van der Waals surface area contributed by atoms with E-state index < -0.39 is 5.91 Å². The fraction of sp³-hybridized carbons (Fsp3) is 0.636. The van der Waals surface area contributed by atoms with Gasteiger partial charge in [-0.15, -0.1) is 0 Å². The summed E-state index contributed by atoms with van der Waals surface area (Å²) < 4.78 is 0. The van der Waals surface area contributed by atoms with Crippen molar-refractivity contribution in [2.24, 2.45) is 16.6 Å². The summed E-state index contributed by atoms with van der Waals surface area (Å²) in [6.45, 7) is 9.42. The number of hydrogen-bond donors (Lipinski definition) is 1. The van der Waals surface area contributed by atoms with Crippen molar-refractivity contribution in [1.29, 1.82) is 0 Å². The first-order valence-electron chi connectivity index (χ1n) is 5.25. The minimum atomic E-state index is -0.432. The number of primary amides is 1. The molecular weight excluding hydrogens is 190 g/mol. The summed E-state index contributed by atoms with van der Waals surface area (Å²) in [6.07, 6.45) is 2.90. The monoisotopic (exact) mass is 209 g/mol. The van der Waals surface area contributed by atoms with Crippen LogP contribution in [0.2, 0.25) is 0 Å². The van der Waals surface area contributed by atoms with Crippen molar-refractivity contribution in [3.05, 3.63) is 12.8 Å². The number of hydrogen-bond acceptors (Lipinski definition) is 3. The highest BCUT2D eigenvalue weighted by molar-refractivity contribution is 6.37. The minimum absolute atomic E-state index is 0.157. The molecule has 84 valence electrons. The standard InChI is InChI=1S/C11H19N3O/c1-4-14-6-5-8(2)10(7-14)13-9(3)11(12)15/h4,8,10H,1,5-7H2,2-3H3,(H2,12,15)/b13-9+/t8-,10?/m0/s1. The summed E-state index contributed by atoms with van der Waals surface area (Å²) in [6, 6.07) is 0.157. The maximum atomic E-state index is 10.9. The van der Waals surface area contributed by atoms with Crippen LogP contribution < -0.4 is 5.73 Å². The van der Waals surface area contributed by atoms with Gasteiger partial charge in [-0.3, -0.25) is 9.79 Å². The highest BCUT2D eigenvalue weighted by atomic mass is 16.1. The minimum Gasteiger partial charge on any atom is -0.376 e. The lowest BCUT2D eigenvalue weighted by Crippen LogP contribution is -2.40. The Balaban J connectivity index is 2.70. The average Bonchev–Trinajstić information content (AvgIpc) is 2.21. The van der Waals surface area contributed by atoms with Crippen LogP contribution in [0.3, 0.4) is 0 Å². The second-order valence-corrected chi connectivity index (χ2v) is 4.09. The molecular formula is C11H19N3O. The number of aliphatic imine (C=N–C) groups is 1. The first kappa shape index (κ1) is 11.8. The van der Waals surface area contributed by atoms with Gasteiger partial charge in [0.2, 0.25) is 0 Å². The normalized spacial score (nSPS) is 27.6. The molecule has 1 fully saturated rings. The first-order chi connectivity index (χ1) is 7.04. The number of amides is 1. The van der Waals surface area contributed by atoms with E-state index in [1.54, 1.807) is 6.92 Å². The molecule has 2 atom stereocenters. The Bertz CT molecular complexity index is 286. The number of nitrogens with two attached hydrogens (primary N) is 1. The van der Waals surface area contributed by atoms with Gasteiger partial charge in [0.05, 0.1) is 11.8 Å². The Labute approximate surface area is 90.8 Å². The van der Waals surface area contributed by atoms with E-state index in [0.717, 1.165) is 19.5 Å². The lowest BCUT2D eigenvalue weighted by atomic mass is 9.94. The van der Waals surface area contributed by atoms with Gasteiger partial charge in [0.1, 0.15) is 0 Å². The van der Waals surface area contributed by atoms with Gasteiger partial charge in [-0.2, -0.15) is 0 Å². The summed E-state index contributed by atoms with van der Waals surface area (Å²) in [4.78, 5) is 17.4. The van der Waals surface area contributed by atoms with E-state index in [9.17, 15) is 4.79 Å². The zero-order valence-electron chi connectivity index (χ0n) is 9.44. The van der Waals surface area contributed by atoms with Gasteiger partial charge in [0.15, 0.2) is 0 Å². The van der Waals surface area contributed by atoms with Crippen molar-refractivity contribution in [3.8, 4) is 0 Å². The van der Waals surface area contributed by atoms with Gasteiger partial charge in [0.25, 0.3) is 5.91 Å². The molecule has 0 aromatic rings. The average molecular weight is 209 g/mol. The van der Waals surface area contributed by atoms with E-state index in [2.05, 4.69) is 23.4 Å². The Kier molecular flexibility index (Phi) is 3.88. The molecule has 4 heteroatoms. The van der Waals surface area contributed by atoms with Crippen LogP contribution in [0.4, 0.5) is 0 Å². The lowest BCUT2D eigenvalue weighted by Gasteiger charge is -2.34. The highest BCUT2D eigenvalue weighted by Crippen LogP contribution is 2.20. The number of nitrogens with zero attached hydrogens (tertiary/aromatic N) is 2. The van der Waals surface area contributed by atoms with E-state index in [0.29, 0.717) is 11.6 Å². The van der Waals surface area contributed by atoms with Crippen molar-refractivity contribution in [3.63, 3.8) is 0 Å². The van der Waals surface area contributed by atoms with Crippen LogP contribution in [0.5, 0.6) is 0 Å². The SMILES string of the molecule is C=CN1CC[C@H](C)C(/N=C(\C)C(N)=O)C1. The smallest absolute Gasteiger partial charge is 0.262 e. The zero-order chi connectivity index (χ0) is 11.4. The van der Waals surface area contributed by atoms with Crippen LogP contribution in [0.25, 0.3) is 0 Å². The van der Waals surface area contributed by atoms with E-state index in [1.807, 2.05) is 6.20 Å². The lowest BCUT2D eigenvalue weighted by molar-refractivity contribution is -0.112. The molecule has 1 saturated heterocycles. The Morgan fingerprint density at radius 3 is 2.87 bits per heavy atom. The molecule has 0 radical (unpaired) electrons. The fourth-order valence-electron chi connectivity index (χ4n) is 1.72. The summed E-state index contributed by atoms with van der Waals surface area (Å²) in [5.41, 5.74) is 5.58. The third-order valence-corrected chi connectivity index (χ3v) is 2.92.